The Bertz CT molecular complexity index is 795. The van der Waals surface area contributed by atoms with Crippen LogP contribution >= 0.6 is 23.2 Å². The molecule has 2 aliphatic rings. The van der Waals surface area contributed by atoms with Gasteiger partial charge < -0.3 is 19.5 Å². The highest BCUT2D eigenvalue weighted by atomic mass is 35.5. The first-order valence-corrected chi connectivity index (χ1v) is 9.35. The molecule has 1 amide bonds. The van der Waals surface area contributed by atoms with Gasteiger partial charge in [-0.3, -0.25) is 0 Å². The van der Waals surface area contributed by atoms with Crippen LogP contribution in [0.5, 0.6) is 5.88 Å². The molecule has 2 aromatic rings. The van der Waals surface area contributed by atoms with Crippen LogP contribution < -0.4 is 10.1 Å². The number of halogens is 2. The Labute approximate surface area is 162 Å². The van der Waals surface area contributed by atoms with E-state index in [1.165, 1.54) is 0 Å². The molecule has 138 valence electrons. The molecule has 1 aromatic carbocycles. The molecule has 1 saturated heterocycles. The molecule has 1 aromatic heterocycles. The van der Waals surface area contributed by atoms with Crippen LogP contribution in [0.15, 0.2) is 30.7 Å². The number of hydrogen-bond donors (Lipinski definition) is 1. The summed E-state index contributed by atoms with van der Waals surface area (Å²) in [6, 6.07) is 5.33. The maximum Gasteiger partial charge on any atom is 0.416 e. The standard InChI is InChI=1S/C18H20Cl2N4O2/c1-23-9-17(22-10-23)26-18(25)24(8-16-14-5-21-6-15(14)16)7-11-2-12(19)4-13(20)3-11/h2-4,9-10,14-16,21H,5-8H2,1H3. The maximum absolute atomic E-state index is 12.8. The molecule has 2 heterocycles. The van der Waals surface area contributed by atoms with Crippen molar-refractivity contribution in [2.45, 2.75) is 6.54 Å². The van der Waals surface area contributed by atoms with Crippen LogP contribution in [0.1, 0.15) is 5.56 Å². The van der Waals surface area contributed by atoms with Crippen LogP contribution in [0, 0.1) is 17.8 Å². The summed E-state index contributed by atoms with van der Waals surface area (Å²) in [7, 11) is 1.83. The van der Waals surface area contributed by atoms with E-state index < -0.39 is 6.09 Å². The normalized spacial score (nSPS) is 23.6. The van der Waals surface area contributed by atoms with Gasteiger partial charge in [-0.1, -0.05) is 23.2 Å². The first-order valence-electron chi connectivity index (χ1n) is 8.60. The van der Waals surface area contributed by atoms with Gasteiger partial charge >= 0.3 is 6.09 Å². The third-order valence-corrected chi connectivity index (χ3v) is 5.56. The number of nitrogens with one attached hydrogen (secondary N) is 1. The molecule has 4 rings (SSSR count). The van der Waals surface area contributed by atoms with E-state index in [9.17, 15) is 4.79 Å². The highest BCUT2D eigenvalue weighted by Gasteiger charge is 2.53. The summed E-state index contributed by atoms with van der Waals surface area (Å²) >= 11 is 12.2. The summed E-state index contributed by atoms with van der Waals surface area (Å²) in [5.74, 6) is 2.12. The van der Waals surface area contributed by atoms with Crippen molar-refractivity contribution in [1.82, 2.24) is 19.8 Å². The van der Waals surface area contributed by atoms with Crippen LogP contribution in [0.3, 0.4) is 0 Å². The van der Waals surface area contributed by atoms with Crippen LogP contribution in [-0.2, 0) is 13.6 Å². The van der Waals surface area contributed by atoms with Crippen molar-refractivity contribution in [3.63, 3.8) is 0 Å². The molecule has 26 heavy (non-hydrogen) atoms. The Balaban J connectivity index is 1.49. The molecule has 8 heteroatoms. The quantitative estimate of drug-likeness (QED) is 0.845. The van der Waals surface area contributed by atoms with Gasteiger partial charge in [-0.2, -0.15) is 0 Å². The first-order chi connectivity index (χ1) is 12.5. The van der Waals surface area contributed by atoms with E-state index in [0.29, 0.717) is 46.8 Å². The number of carbonyl (C=O) groups excluding carboxylic acids is 1. The molecule has 6 nitrogen and oxygen atoms in total. The number of aromatic nitrogens is 2. The number of rotatable bonds is 5. The fraction of sp³-hybridized carbons (Fsp3) is 0.444. The summed E-state index contributed by atoms with van der Waals surface area (Å²) in [4.78, 5) is 18.5. The zero-order valence-electron chi connectivity index (χ0n) is 14.4. The van der Waals surface area contributed by atoms with Gasteiger partial charge in [-0.15, -0.1) is 0 Å². The van der Waals surface area contributed by atoms with E-state index in [4.69, 9.17) is 27.9 Å². The number of benzene rings is 1. The van der Waals surface area contributed by atoms with Gasteiger partial charge in [0.25, 0.3) is 0 Å². The molecular formula is C18H20Cl2N4O2. The summed E-state index contributed by atoms with van der Waals surface area (Å²) in [5.41, 5.74) is 0.879. The molecule has 2 unspecified atom stereocenters. The first kappa shape index (κ1) is 17.6. The summed E-state index contributed by atoms with van der Waals surface area (Å²) < 4.78 is 7.19. The van der Waals surface area contributed by atoms with Gasteiger partial charge in [-0.25, -0.2) is 9.78 Å². The van der Waals surface area contributed by atoms with Gasteiger partial charge in [0.2, 0.25) is 5.88 Å². The van der Waals surface area contributed by atoms with Crippen molar-refractivity contribution in [2.75, 3.05) is 19.6 Å². The Morgan fingerprint density at radius 3 is 2.62 bits per heavy atom. The average molecular weight is 395 g/mol. The lowest BCUT2D eigenvalue weighted by Crippen LogP contribution is -2.36. The Morgan fingerprint density at radius 2 is 2.00 bits per heavy atom. The van der Waals surface area contributed by atoms with Crippen molar-refractivity contribution in [3.05, 3.63) is 46.3 Å². The number of carbonyl (C=O) groups is 1. The van der Waals surface area contributed by atoms with Crippen molar-refractivity contribution in [1.29, 1.82) is 0 Å². The fourth-order valence-corrected chi connectivity index (χ4v) is 4.36. The Kier molecular flexibility index (Phi) is 4.82. The zero-order chi connectivity index (χ0) is 18.3. The van der Waals surface area contributed by atoms with Crippen LogP contribution in [0.4, 0.5) is 4.79 Å². The average Bonchev–Trinajstić information content (AvgIpc) is 2.92. The molecule has 2 atom stereocenters. The van der Waals surface area contributed by atoms with Crippen molar-refractivity contribution >= 4 is 29.3 Å². The van der Waals surface area contributed by atoms with Gasteiger partial charge in [0.05, 0.1) is 12.5 Å². The number of piperidine rings is 1. The summed E-state index contributed by atoms with van der Waals surface area (Å²) in [6.45, 7) is 3.12. The minimum Gasteiger partial charge on any atom is -0.389 e. The van der Waals surface area contributed by atoms with E-state index in [2.05, 4.69) is 10.3 Å². The molecule has 2 fully saturated rings. The van der Waals surface area contributed by atoms with E-state index in [1.54, 1.807) is 28.1 Å². The third kappa shape index (κ3) is 3.82. The summed E-state index contributed by atoms with van der Waals surface area (Å²) in [6.07, 6.45) is 2.86. The van der Waals surface area contributed by atoms with Crippen molar-refractivity contribution in [3.8, 4) is 5.88 Å². The number of aryl methyl sites for hydroxylation is 1. The number of fused-ring (bicyclic) bond motifs is 1. The lowest BCUT2D eigenvalue weighted by Gasteiger charge is -2.23. The molecular weight excluding hydrogens is 375 g/mol. The van der Waals surface area contributed by atoms with E-state index >= 15 is 0 Å². The van der Waals surface area contributed by atoms with Crippen LogP contribution in [-0.4, -0.2) is 40.2 Å². The van der Waals surface area contributed by atoms with Crippen LogP contribution in [0.2, 0.25) is 10.0 Å². The molecule has 1 N–H and O–H groups in total. The van der Waals surface area contributed by atoms with Crippen molar-refractivity contribution in [2.24, 2.45) is 24.8 Å². The van der Waals surface area contributed by atoms with E-state index in [-0.39, 0.29) is 0 Å². The number of nitrogens with zero attached hydrogens (tertiary/aromatic N) is 3. The number of ether oxygens (including phenoxy) is 1. The maximum atomic E-state index is 12.8. The van der Waals surface area contributed by atoms with Gasteiger partial charge in [0, 0.05) is 30.2 Å². The van der Waals surface area contributed by atoms with Crippen molar-refractivity contribution < 1.29 is 9.53 Å². The molecule has 1 aliphatic heterocycles. The minimum absolute atomic E-state index is 0.296. The molecule has 0 spiro atoms. The monoisotopic (exact) mass is 394 g/mol. The van der Waals surface area contributed by atoms with Gasteiger partial charge in [0.1, 0.15) is 0 Å². The Hall–Kier alpha value is -1.76. The molecule has 1 aliphatic carbocycles. The van der Waals surface area contributed by atoms with Gasteiger partial charge in [0.15, 0.2) is 0 Å². The highest BCUT2D eigenvalue weighted by molar-refractivity contribution is 6.34. The molecule has 1 saturated carbocycles. The number of imidazole rings is 1. The topological polar surface area (TPSA) is 59.4 Å². The van der Waals surface area contributed by atoms with Gasteiger partial charge in [-0.05, 0) is 54.6 Å². The number of hydrogen-bond acceptors (Lipinski definition) is 4. The largest absolute Gasteiger partial charge is 0.416 e. The molecule has 0 bridgehead atoms. The summed E-state index contributed by atoms with van der Waals surface area (Å²) in [5, 5.41) is 4.49. The number of amides is 1. The predicted molar refractivity (Wildman–Crippen MR) is 99.4 cm³/mol. The lowest BCUT2D eigenvalue weighted by atomic mass is 10.2. The minimum atomic E-state index is -0.405. The van der Waals surface area contributed by atoms with E-state index in [0.717, 1.165) is 18.7 Å². The third-order valence-electron chi connectivity index (χ3n) is 5.13. The van der Waals surface area contributed by atoms with E-state index in [1.807, 2.05) is 19.2 Å². The predicted octanol–water partition coefficient (Wildman–Crippen LogP) is 3.19. The van der Waals surface area contributed by atoms with Crippen LogP contribution in [0.25, 0.3) is 0 Å². The second kappa shape index (κ2) is 7.10. The fourth-order valence-electron chi connectivity index (χ4n) is 3.79. The molecule has 0 radical (unpaired) electrons. The Morgan fingerprint density at radius 1 is 1.31 bits per heavy atom. The second-order valence-electron chi connectivity index (χ2n) is 7.05. The zero-order valence-corrected chi connectivity index (χ0v) is 15.9. The smallest absolute Gasteiger partial charge is 0.389 e. The SMILES string of the molecule is Cn1cnc(OC(=O)N(Cc2cc(Cl)cc(Cl)c2)CC2C3CNCC32)c1. The second-order valence-corrected chi connectivity index (χ2v) is 7.93. The lowest BCUT2D eigenvalue weighted by molar-refractivity contribution is 0.143. The highest BCUT2D eigenvalue weighted by Crippen LogP contribution is 2.49.